The maximum Gasteiger partial charge on any atom is 0.190 e. The second kappa shape index (κ2) is 5.03. The normalized spacial score (nSPS) is 13.9. The molecule has 3 nitrogen and oxygen atoms in total. The smallest absolute Gasteiger partial charge is 0.190 e. The molecule has 0 spiro atoms. The van der Waals surface area contributed by atoms with Crippen LogP contribution in [0.2, 0.25) is 0 Å². The van der Waals surface area contributed by atoms with Gasteiger partial charge >= 0.3 is 0 Å². The Morgan fingerprint density at radius 1 is 1.50 bits per heavy atom. The van der Waals surface area contributed by atoms with E-state index >= 15 is 0 Å². The summed E-state index contributed by atoms with van der Waals surface area (Å²) in [5.41, 5.74) is 0. The van der Waals surface area contributed by atoms with Gasteiger partial charge in [0.05, 0.1) is 0 Å². The Morgan fingerprint density at radius 2 is 2.12 bits per heavy atom. The predicted octanol–water partition coefficient (Wildman–Crippen LogP) is 1.25. The van der Waals surface area contributed by atoms with Gasteiger partial charge in [-0.3, -0.25) is 0 Å². The van der Waals surface area contributed by atoms with E-state index in [0.717, 1.165) is 0 Å². The van der Waals surface area contributed by atoms with Crippen LogP contribution in [0.25, 0.3) is 0 Å². The summed E-state index contributed by atoms with van der Waals surface area (Å²) in [6.07, 6.45) is 0.227. The number of rotatable bonds is 4. The Balaban J connectivity index is 3.07. The second-order valence-electron chi connectivity index (χ2n) is 1.40. The van der Waals surface area contributed by atoms with Crippen LogP contribution >= 0.6 is 0 Å². The number of hydrogen-bond acceptors (Lipinski definition) is 3. The van der Waals surface area contributed by atoms with Crippen LogP contribution in [-0.2, 0) is 9.62 Å². The first-order chi connectivity index (χ1) is 3.85. The molecule has 8 heavy (non-hydrogen) atoms. The first-order valence-electron chi connectivity index (χ1n) is 2.77. The molecule has 0 aliphatic heterocycles. The third-order valence-corrected chi connectivity index (χ3v) is 0.803. The third-order valence-electron chi connectivity index (χ3n) is 0.803. The molecule has 0 fully saturated rings. The monoisotopic (exact) mass is 120 g/mol. The molecule has 0 aliphatic rings. The lowest BCUT2D eigenvalue weighted by Gasteiger charge is -2.08. The highest BCUT2D eigenvalue weighted by Gasteiger charge is 2.01. The van der Waals surface area contributed by atoms with Gasteiger partial charge in [-0.1, -0.05) is 6.92 Å². The van der Waals surface area contributed by atoms with E-state index in [1.165, 1.54) is 0 Å². The fourth-order valence-electron chi connectivity index (χ4n) is 0.409. The van der Waals surface area contributed by atoms with E-state index in [4.69, 9.17) is 9.99 Å². The van der Waals surface area contributed by atoms with E-state index < -0.39 is 6.29 Å². The largest absolute Gasteiger partial charge is 0.350 e. The SMILES string of the molecule is CCOC(CC)OO. The molecule has 0 rings (SSSR count). The molecule has 1 N–H and O–H groups in total. The van der Waals surface area contributed by atoms with Crippen LogP contribution in [0.3, 0.4) is 0 Å². The van der Waals surface area contributed by atoms with Crippen LogP contribution in [0.1, 0.15) is 20.3 Å². The van der Waals surface area contributed by atoms with Crippen molar-refractivity contribution in [2.45, 2.75) is 26.6 Å². The average Bonchev–Trinajstić information content (AvgIpc) is 1.83. The highest BCUT2D eigenvalue weighted by atomic mass is 17.1. The van der Waals surface area contributed by atoms with Crippen LogP contribution in [-0.4, -0.2) is 18.2 Å². The van der Waals surface area contributed by atoms with Gasteiger partial charge in [-0.15, -0.1) is 0 Å². The highest BCUT2D eigenvalue weighted by molar-refractivity contribution is 4.32. The molecule has 0 saturated carbocycles. The lowest BCUT2D eigenvalue weighted by Crippen LogP contribution is -2.13. The van der Waals surface area contributed by atoms with E-state index in [2.05, 4.69) is 4.89 Å². The van der Waals surface area contributed by atoms with Crippen LogP contribution in [0.5, 0.6) is 0 Å². The molecule has 0 saturated heterocycles. The van der Waals surface area contributed by atoms with Gasteiger partial charge in [0, 0.05) is 6.61 Å². The maximum atomic E-state index is 8.03. The Morgan fingerprint density at radius 3 is 2.25 bits per heavy atom. The van der Waals surface area contributed by atoms with Gasteiger partial charge in [0.1, 0.15) is 0 Å². The van der Waals surface area contributed by atoms with E-state index in [0.29, 0.717) is 13.0 Å². The molecule has 1 unspecified atom stereocenters. The van der Waals surface area contributed by atoms with Crippen molar-refractivity contribution in [3.05, 3.63) is 0 Å². The zero-order valence-corrected chi connectivity index (χ0v) is 5.26. The summed E-state index contributed by atoms with van der Waals surface area (Å²) in [5, 5.41) is 8.03. The summed E-state index contributed by atoms with van der Waals surface area (Å²) in [4.78, 5) is 3.92. The van der Waals surface area contributed by atoms with Gasteiger partial charge in [0.15, 0.2) is 6.29 Å². The van der Waals surface area contributed by atoms with Crippen molar-refractivity contribution in [2.75, 3.05) is 6.61 Å². The maximum absolute atomic E-state index is 8.03. The molecule has 0 radical (unpaired) electrons. The highest BCUT2D eigenvalue weighted by Crippen LogP contribution is 1.95. The van der Waals surface area contributed by atoms with Crippen molar-refractivity contribution in [1.29, 1.82) is 0 Å². The molecule has 0 bridgehead atoms. The molecule has 50 valence electrons. The van der Waals surface area contributed by atoms with Crippen LogP contribution < -0.4 is 0 Å². The minimum Gasteiger partial charge on any atom is -0.350 e. The van der Waals surface area contributed by atoms with Gasteiger partial charge in [0.2, 0.25) is 0 Å². The molecule has 0 aromatic carbocycles. The fraction of sp³-hybridized carbons (Fsp3) is 1.00. The first-order valence-corrected chi connectivity index (χ1v) is 2.77. The van der Waals surface area contributed by atoms with E-state index in [1.54, 1.807) is 0 Å². The first kappa shape index (κ1) is 7.88. The summed E-state index contributed by atoms with van der Waals surface area (Å²) in [6, 6.07) is 0. The van der Waals surface area contributed by atoms with Crippen molar-refractivity contribution in [3.63, 3.8) is 0 Å². The molecular weight excluding hydrogens is 108 g/mol. The summed E-state index contributed by atoms with van der Waals surface area (Å²) in [7, 11) is 0. The van der Waals surface area contributed by atoms with Crippen LogP contribution in [0.15, 0.2) is 0 Å². The zero-order chi connectivity index (χ0) is 6.41. The van der Waals surface area contributed by atoms with Crippen molar-refractivity contribution >= 4 is 0 Å². The molecule has 0 aromatic heterocycles. The van der Waals surface area contributed by atoms with Gasteiger partial charge in [0.25, 0.3) is 0 Å². The lowest BCUT2D eigenvalue weighted by molar-refractivity contribution is -0.345. The molecule has 1 atom stereocenters. The lowest BCUT2D eigenvalue weighted by atomic mass is 10.5. The summed E-state index contributed by atoms with van der Waals surface area (Å²) in [6.45, 7) is 4.29. The third kappa shape index (κ3) is 2.96. The number of hydrogen-bond donors (Lipinski definition) is 1. The molecule has 0 amide bonds. The molecule has 0 aromatic rings. The topological polar surface area (TPSA) is 38.7 Å². The van der Waals surface area contributed by atoms with Crippen LogP contribution in [0.4, 0.5) is 0 Å². The minimum absolute atomic E-state index is 0.444. The standard InChI is InChI=1S/C5H12O3/c1-3-5(8-6)7-4-2/h5-6H,3-4H2,1-2H3. The van der Waals surface area contributed by atoms with Crippen molar-refractivity contribution in [2.24, 2.45) is 0 Å². The Hall–Kier alpha value is -0.120. The average molecular weight is 120 g/mol. The van der Waals surface area contributed by atoms with Gasteiger partial charge in [-0.05, 0) is 13.3 Å². The Labute approximate surface area is 49.1 Å². The zero-order valence-electron chi connectivity index (χ0n) is 5.26. The number of ether oxygens (including phenoxy) is 1. The summed E-state index contributed by atoms with van der Waals surface area (Å²) >= 11 is 0. The van der Waals surface area contributed by atoms with Crippen molar-refractivity contribution in [3.8, 4) is 0 Å². The Kier molecular flexibility index (Phi) is 4.95. The van der Waals surface area contributed by atoms with Gasteiger partial charge < -0.3 is 4.74 Å². The molecule has 0 heterocycles. The molecule has 3 heteroatoms. The molecular formula is C5H12O3. The van der Waals surface area contributed by atoms with Crippen molar-refractivity contribution in [1.82, 2.24) is 0 Å². The fourth-order valence-corrected chi connectivity index (χ4v) is 0.409. The summed E-state index contributed by atoms with van der Waals surface area (Å²) in [5.74, 6) is 0. The summed E-state index contributed by atoms with van der Waals surface area (Å²) < 4.78 is 4.87. The predicted molar refractivity (Wildman–Crippen MR) is 29.4 cm³/mol. The minimum atomic E-state index is -0.444. The van der Waals surface area contributed by atoms with Gasteiger partial charge in [-0.2, -0.15) is 0 Å². The van der Waals surface area contributed by atoms with Crippen LogP contribution in [0, 0.1) is 0 Å². The molecule has 0 aliphatic carbocycles. The van der Waals surface area contributed by atoms with Crippen molar-refractivity contribution < 1.29 is 14.9 Å². The van der Waals surface area contributed by atoms with Gasteiger partial charge in [-0.25, -0.2) is 10.1 Å². The quantitative estimate of drug-likeness (QED) is 0.344. The van der Waals surface area contributed by atoms with E-state index in [1.807, 2.05) is 13.8 Å². The van der Waals surface area contributed by atoms with E-state index in [-0.39, 0.29) is 0 Å². The Bertz CT molecular complexity index is 42.9. The second-order valence-corrected chi connectivity index (χ2v) is 1.40. The van der Waals surface area contributed by atoms with E-state index in [9.17, 15) is 0 Å².